The van der Waals surface area contributed by atoms with E-state index in [1.54, 1.807) is 13.0 Å². The summed E-state index contributed by atoms with van der Waals surface area (Å²) in [6.45, 7) is 4.31. The molecule has 1 fully saturated rings. The third kappa shape index (κ3) is 4.60. The zero-order valence-electron chi connectivity index (χ0n) is 14.3. The Hall–Kier alpha value is -2.35. The second-order valence-corrected chi connectivity index (χ2v) is 8.21. The number of aryl methyl sites for hydroxylation is 1. The SMILES string of the molecule is CCOc1ccccc1Nc1cc(NC2CCS(=O)(=O)C2)nc(C)n1. The van der Waals surface area contributed by atoms with Gasteiger partial charge < -0.3 is 15.4 Å². The third-order valence-corrected chi connectivity index (χ3v) is 5.64. The summed E-state index contributed by atoms with van der Waals surface area (Å²) >= 11 is 0. The molecule has 2 aromatic rings. The van der Waals surface area contributed by atoms with E-state index in [0.717, 1.165) is 11.4 Å². The molecule has 0 saturated carbocycles. The monoisotopic (exact) mass is 362 g/mol. The first-order valence-electron chi connectivity index (χ1n) is 8.26. The Bertz CT molecular complexity index is 855. The van der Waals surface area contributed by atoms with Crippen LogP contribution < -0.4 is 15.4 Å². The van der Waals surface area contributed by atoms with Crippen LogP contribution in [0, 0.1) is 6.92 Å². The molecule has 3 rings (SSSR count). The van der Waals surface area contributed by atoms with Gasteiger partial charge in [-0.1, -0.05) is 12.1 Å². The van der Waals surface area contributed by atoms with E-state index in [2.05, 4.69) is 20.6 Å². The van der Waals surface area contributed by atoms with E-state index in [4.69, 9.17) is 4.74 Å². The van der Waals surface area contributed by atoms with Crippen molar-refractivity contribution >= 4 is 27.2 Å². The van der Waals surface area contributed by atoms with Gasteiger partial charge in [-0.2, -0.15) is 0 Å². The summed E-state index contributed by atoms with van der Waals surface area (Å²) in [5.74, 6) is 2.96. The normalized spacial score (nSPS) is 18.7. The second-order valence-electron chi connectivity index (χ2n) is 5.98. The lowest BCUT2D eigenvalue weighted by atomic mass is 10.2. The maximum atomic E-state index is 11.6. The summed E-state index contributed by atoms with van der Waals surface area (Å²) in [7, 11) is -2.93. The summed E-state index contributed by atoms with van der Waals surface area (Å²) in [4.78, 5) is 8.75. The van der Waals surface area contributed by atoms with E-state index in [9.17, 15) is 8.42 Å². The zero-order chi connectivity index (χ0) is 17.9. The van der Waals surface area contributed by atoms with Gasteiger partial charge in [-0.25, -0.2) is 18.4 Å². The van der Waals surface area contributed by atoms with Gasteiger partial charge in [0.25, 0.3) is 0 Å². The number of hydrogen-bond donors (Lipinski definition) is 2. The van der Waals surface area contributed by atoms with Crippen molar-refractivity contribution in [2.45, 2.75) is 26.3 Å². The minimum absolute atomic E-state index is 0.108. The van der Waals surface area contributed by atoms with Crippen LogP contribution in [0.4, 0.5) is 17.3 Å². The molecule has 0 aliphatic carbocycles. The van der Waals surface area contributed by atoms with Crippen LogP contribution in [0.25, 0.3) is 0 Å². The minimum atomic E-state index is -2.93. The van der Waals surface area contributed by atoms with Crippen LogP contribution in [-0.4, -0.2) is 42.5 Å². The number of hydrogen-bond acceptors (Lipinski definition) is 7. The van der Waals surface area contributed by atoms with Crippen LogP contribution in [0.2, 0.25) is 0 Å². The van der Waals surface area contributed by atoms with E-state index >= 15 is 0 Å². The van der Waals surface area contributed by atoms with Crippen molar-refractivity contribution in [1.82, 2.24) is 9.97 Å². The number of rotatable bonds is 6. The van der Waals surface area contributed by atoms with Crippen molar-refractivity contribution in [2.75, 3.05) is 28.7 Å². The molecule has 0 radical (unpaired) electrons. The largest absolute Gasteiger partial charge is 0.492 e. The Kier molecular flexibility index (Phi) is 5.08. The average molecular weight is 362 g/mol. The summed E-state index contributed by atoms with van der Waals surface area (Å²) in [6.07, 6.45) is 0.599. The van der Waals surface area contributed by atoms with Crippen LogP contribution >= 0.6 is 0 Å². The van der Waals surface area contributed by atoms with Crippen molar-refractivity contribution < 1.29 is 13.2 Å². The molecule has 1 aliphatic heterocycles. The van der Waals surface area contributed by atoms with Gasteiger partial charge in [-0.15, -0.1) is 0 Å². The van der Waals surface area contributed by atoms with Crippen molar-refractivity contribution in [1.29, 1.82) is 0 Å². The number of nitrogens with one attached hydrogen (secondary N) is 2. The van der Waals surface area contributed by atoms with E-state index in [0.29, 0.717) is 30.5 Å². The molecule has 7 nitrogen and oxygen atoms in total. The predicted octanol–water partition coefficient (Wildman–Crippen LogP) is 2.53. The van der Waals surface area contributed by atoms with Crippen LogP contribution in [0.15, 0.2) is 30.3 Å². The number of ether oxygens (including phenoxy) is 1. The standard InChI is InChI=1S/C17H22N4O3S/c1-3-24-15-7-5-4-6-14(15)21-17-10-16(18-12(2)19-17)20-13-8-9-25(22,23)11-13/h4-7,10,13H,3,8-9,11H2,1-2H3,(H2,18,19,20,21). The summed E-state index contributed by atoms with van der Waals surface area (Å²) in [6, 6.07) is 9.31. The molecule has 1 aromatic heterocycles. The van der Waals surface area contributed by atoms with Gasteiger partial charge in [0.1, 0.15) is 23.2 Å². The molecule has 1 aromatic carbocycles. The van der Waals surface area contributed by atoms with Crippen LogP contribution in [0.1, 0.15) is 19.2 Å². The van der Waals surface area contributed by atoms with Crippen LogP contribution in [-0.2, 0) is 9.84 Å². The van der Waals surface area contributed by atoms with E-state index in [-0.39, 0.29) is 17.5 Å². The fraction of sp³-hybridized carbons (Fsp3) is 0.412. The zero-order valence-corrected chi connectivity index (χ0v) is 15.1. The smallest absolute Gasteiger partial charge is 0.152 e. The minimum Gasteiger partial charge on any atom is -0.492 e. The predicted molar refractivity (Wildman–Crippen MR) is 98.3 cm³/mol. The first-order chi connectivity index (χ1) is 11.9. The molecule has 0 bridgehead atoms. The molecule has 134 valence electrons. The second kappa shape index (κ2) is 7.26. The summed E-state index contributed by atoms with van der Waals surface area (Å²) in [5.41, 5.74) is 0.817. The Morgan fingerprint density at radius 2 is 2.00 bits per heavy atom. The lowest BCUT2D eigenvalue weighted by Gasteiger charge is -2.15. The number of nitrogens with zero attached hydrogens (tertiary/aromatic N) is 2. The Labute approximate surface area is 147 Å². The highest BCUT2D eigenvalue weighted by Gasteiger charge is 2.28. The highest BCUT2D eigenvalue weighted by molar-refractivity contribution is 7.91. The molecular formula is C17H22N4O3S. The maximum absolute atomic E-state index is 11.6. The molecule has 0 spiro atoms. The van der Waals surface area contributed by atoms with Crippen molar-refractivity contribution in [3.8, 4) is 5.75 Å². The lowest BCUT2D eigenvalue weighted by Crippen LogP contribution is -2.21. The Morgan fingerprint density at radius 3 is 2.72 bits per heavy atom. The molecule has 2 N–H and O–H groups in total. The lowest BCUT2D eigenvalue weighted by molar-refractivity contribution is 0.342. The molecule has 1 saturated heterocycles. The van der Waals surface area contributed by atoms with Gasteiger partial charge in [-0.05, 0) is 32.4 Å². The topological polar surface area (TPSA) is 93.2 Å². The fourth-order valence-corrected chi connectivity index (χ4v) is 4.49. The van der Waals surface area contributed by atoms with Crippen LogP contribution in [0.3, 0.4) is 0 Å². The highest BCUT2D eigenvalue weighted by Crippen LogP contribution is 2.27. The highest BCUT2D eigenvalue weighted by atomic mass is 32.2. The van der Waals surface area contributed by atoms with Gasteiger partial charge in [0, 0.05) is 12.1 Å². The quantitative estimate of drug-likeness (QED) is 0.815. The molecule has 0 amide bonds. The van der Waals surface area contributed by atoms with Crippen LogP contribution in [0.5, 0.6) is 5.75 Å². The Balaban J connectivity index is 1.78. The number of aromatic nitrogens is 2. The fourth-order valence-electron chi connectivity index (χ4n) is 2.81. The number of sulfone groups is 1. The molecule has 2 heterocycles. The summed E-state index contributed by atoms with van der Waals surface area (Å²) < 4.78 is 28.8. The van der Waals surface area contributed by atoms with E-state index in [1.807, 2.05) is 31.2 Å². The molecular weight excluding hydrogens is 340 g/mol. The Morgan fingerprint density at radius 1 is 1.24 bits per heavy atom. The van der Waals surface area contributed by atoms with Crippen molar-refractivity contribution in [3.63, 3.8) is 0 Å². The van der Waals surface area contributed by atoms with Crippen molar-refractivity contribution in [2.24, 2.45) is 0 Å². The molecule has 8 heteroatoms. The maximum Gasteiger partial charge on any atom is 0.152 e. The van der Waals surface area contributed by atoms with E-state index < -0.39 is 9.84 Å². The number of para-hydroxylation sites is 2. The number of anilines is 3. The summed E-state index contributed by atoms with van der Waals surface area (Å²) in [5, 5.41) is 6.45. The van der Waals surface area contributed by atoms with Gasteiger partial charge in [-0.3, -0.25) is 0 Å². The average Bonchev–Trinajstić information content (AvgIpc) is 2.87. The van der Waals surface area contributed by atoms with E-state index in [1.165, 1.54) is 0 Å². The third-order valence-electron chi connectivity index (χ3n) is 3.87. The molecule has 1 aliphatic rings. The van der Waals surface area contributed by atoms with Gasteiger partial charge >= 0.3 is 0 Å². The first kappa shape index (κ1) is 17.5. The number of benzene rings is 1. The van der Waals surface area contributed by atoms with Crippen molar-refractivity contribution in [3.05, 3.63) is 36.2 Å². The van der Waals surface area contributed by atoms with Gasteiger partial charge in [0.2, 0.25) is 0 Å². The molecule has 1 unspecified atom stereocenters. The van der Waals surface area contributed by atoms with Gasteiger partial charge in [0.15, 0.2) is 9.84 Å². The molecule has 1 atom stereocenters. The molecule has 25 heavy (non-hydrogen) atoms. The van der Waals surface area contributed by atoms with Gasteiger partial charge in [0.05, 0.1) is 23.8 Å². The first-order valence-corrected chi connectivity index (χ1v) is 10.1.